The van der Waals surface area contributed by atoms with E-state index in [1.54, 1.807) is 34.6 Å². The molecule has 7 nitrogen and oxygen atoms in total. The van der Waals surface area contributed by atoms with Gasteiger partial charge < -0.3 is 15.4 Å². The summed E-state index contributed by atoms with van der Waals surface area (Å²) in [6, 6.07) is 6.11. The number of benzene rings is 1. The molecule has 1 rings (SSSR count). The van der Waals surface area contributed by atoms with Crippen LogP contribution in [0.5, 0.6) is 0 Å². The maximum absolute atomic E-state index is 13.6. The molecule has 34 heavy (non-hydrogen) atoms. The van der Waals surface area contributed by atoms with Gasteiger partial charge in [-0.2, -0.15) is 0 Å². The zero-order valence-corrected chi connectivity index (χ0v) is 22.0. The molecule has 2 N–H and O–H groups in total. The molecule has 1 aromatic carbocycles. The zero-order chi connectivity index (χ0) is 26.1. The van der Waals surface area contributed by atoms with E-state index in [-0.39, 0.29) is 11.8 Å². The molecule has 2 atom stereocenters. The van der Waals surface area contributed by atoms with Crippen LogP contribution < -0.4 is 10.6 Å². The second-order valence-electron chi connectivity index (χ2n) is 10.0. The molecule has 7 heteroatoms. The Hall–Kier alpha value is -3.01. The quantitative estimate of drug-likeness (QED) is 0.296. The molecule has 0 radical (unpaired) electrons. The lowest BCUT2D eigenvalue weighted by atomic mass is 9.97. The molecule has 0 fully saturated rings. The molecule has 2 unspecified atom stereocenters. The van der Waals surface area contributed by atoms with Gasteiger partial charge in [-0.05, 0) is 52.5 Å². The summed E-state index contributed by atoms with van der Waals surface area (Å²) in [6.07, 6.45) is 7.93. The maximum Gasteiger partial charge on any atom is 0.408 e. The van der Waals surface area contributed by atoms with Gasteiger partial charge in [0, 0.05) is 12.6 Å². The predicted molar refractivity (Wildman–Crippen MR) is 135 cm³/mol. The number of carbonyl (C=O) groups is 3. The molecule has 1 aromatic rings. The van der Waals surface area contributed by atoms with Gasteiger partial charge in [0.05, 0.1) is 0 Å². The fraction of sp³-hybridized carbons (Fsp3) is 0.593. The molecular weight excluding hydrogens is 430 g/mol. The first-order valence-corrected chi connectivity index (χ1v) is 12.0. The van der Waals surface area contributed by atoms with Gasteiger partial charge in [0.2, 0.25) is 5.91 Å². The van der Waals surface area contributed by atoms with Crippen molar-refractivity contribution in [3.63, 3.8) is 0 Å². The van der Waals surface area contributed by atoms with Gasteiger partial charge in [0.15, 0.2) is 0 Å². The van der Waals surface area contributed by atoms with Gasteiger partial charge in [-0.15, -0.1) is 0 Å². The van der Waals surface area contributed by atoms with Crippen molar-refractivity contribution in [1.82, 2.24) is 15.5 Å². The first-order valence-electron chi connectivity index (χ1n) is 12.0. The van der Waals surface area contributed by atoms with Gasteiger partial charge in [0.25, 0.3) is 5.91 Å². The lowest BCUT2D eigenvalue weighted by molar-refractivity contribution is -0.139. The highest BCUT2D eigenvalue weighted by molar-refractivity contribution is 5.93. The summed E-state index contributed by atoms with van der Waals surface area (Å²) < 4.78 is 5.33. The monoisotopic (exact) mass is 471 g/mol. The maximum atomic E-state index is 13.6. The highest BCUT2D eigenvalue weighted by Crippen LogP contribution is 2.25. The number of carbonyl (C=O) groups excluding carboxylic acids is 3. The number of hydrogen-bond acceptors (Lipinski definition) is 4. The predicted octanol–water partition coefficient (Wildman–Crippen LogP) is 4.62. The largest absolute Gasteiger partial charge is 0.444 e. The Morgan fingerprint density at radius 1 is 1.09 bits per heavy atom. The van der Waals surface area contributed by atoms with Crippen LogP contribution >= 0.6 is 0 Å². The fourth-order valence-electron chi connectivity index (χ4n) is 3.63. The van der Waals surface area contributed by atoms with E-state index in [0.717, 1.165) is 35.3 Å². The number of aryl methyl sites for hydroxylation is 2. The van der Waals surface area contributed by atoms with Crippen molar-refractivity contribution in [2.24, 2.45) is 5.92 Å². The van der Waals surface area contributed by atoms with Crippen molar-refractivity contribution in [3.8, 4) is 12.5 Å². The molecule has 0 aromatic heterocycles. The van der Waals surface area contributed by atoms with Crippen molar-refractivity contribution in [2.45, 2.75) is 92.3 Å². The first-order chi connectivity index (χ1) is 15.8. The minimum Gasteiger partial charge on any atom is -0.444 e. The minimum atomic E-state index is -1.03. The van der Waals surface area contributed by atoms with Crippen LogP contribution in [0.25, 0.3) is 0 Å². The van der Waals surface area contributed by atoms with Crippen LogP contribution in [0.15, 0.2) is 18.2 Å². The average Bonchev–Trinajstić information content (AvgIpc) is 2.70. The summed E-state index contributed by atoms with van der Waals surface area (Å²) in [5.41, 5.74) is 1.81. The number of rotatable bonds is 10. The Bertz CT molecular complexity index is 876. The summed E-state index contributed by atoms with van der Waals surface area (Å²) in [5.74, 6) is -1.19. The number of alkyl carbamates (subject to hydrolysis) is 1. The third-order valence-electron chi connectivity index (χ3n) is 5.13. The van der Waals surface area contributed by atoms with E-state index < -0.39 is 29.7 Å². The van der Waals surface area contributed by atoms with Crippen LogP contribution in [0.4, 0.5) is 4.79 Å². The van der Waals surface area contributed by atoms with E-state index in [9.17, 15) is 14.4 Å². The second kappa shape index (κ2) is 13.0. The number of unbranched alkanes of at least 4 members (excludes halogenated alkanes) is 2. The molecule has 3 amide bonds. The van der Waals surface area contributed by atoms with E-state index >= 15 is 0 Å². The van der Waals surface area contributed by atoms with Crippen molar-refractivity contribution >= 4 is 17.9 Å². The molecule has 0 spiro atoms. The van der Waals surface area contributed by atoms with Gasteiger partial charge in [-0.1, -0.05) is 69.4 Å². The highest BCUT2D eigenvalue weighted by atomic mass is 16.6. The summed E-state index contributed by atoms with van der Waals surface area (Å²) in [6.45, 7) is 15.2. The number of nitrogens with one attached hydrogen (secondary N) is 2. The van der Waals surface area contributed by atoms with Crippen molar-refractivity contribution < 1.29 is 19.1 Å². The van der Waals surface area contributed by atoms with Gasteiger partial charge in [-0.25, -0.2) is 4.79 Å². The highest BCUT2D eigenvalue weighted by Gasteiger charge is 2.37. The van der Waals surface area contributed by atoms with Gasteiger partial charge in [0.1, 0.15) is 17.7 Å². The third-order valence-corrected chi connectivity index (χ3v) is 5.13. The zero-order valence-electron chi connectivity index (χ0n) is 22.0. The first kappa shape index (κ1) is 29.0. The molecule has 0 saturated carbocycles. The summed E-state index contributed by atoms with van der Waals surface area (Å²) in [5, 5.41) is 5.56. The standard InChI is InChI=1S/C27H41N3O4/c1-10-12-13-14-28-24(31)23(21-16-19(5)15-20(6)17-21)30(11-2)25(32)22(18(3)4)29-26(33)34-27(7,8)9/h2,15-18,22-23H,10,12-14H2,1,3-9H3,(H,28,31)(H,29,33). The van der Waals surface area contributed by atoms with Crippen LogP contribution in [-0.2, 0) is 14.3 Å². The molecule has 0 aliphatic rings. The number of ether oxygens (including phenoxy) is 1. The normalized spacial score (nSPS) is 12.9. The smallest absolute Gasteiger partial charge is 0.408 e. The Morgan fingerprint density at radius 3 is 2.15 bits per heavy atom. The van der Waals surface area contributed by atoms with Crippen molar-refractivity contribution in [3.05, 3.63) is 34.9 Å². The third kappa shape index (κ3) is 9.09. The van der Waals surface area contributed by atoms with E-state index in [1.807, 2.05) is 32.0 Å². The van der Waals surface area contributed by atoms with E-state index in [1.165, 1.54) is 0 Å². The molecule has 0 saturated heterocycles. The molecule has 0 aliphatic heterocycles. The lowest BCUT2D eigenvalue weighted by Gasteiger charge is -2.32. The van der Waals surface area contributed by atoms with Crippen LogP contribution in [0.2, 0.25) is 0 Å². The van der Waals surface area contributed by atoms with E-state index in [2.05, 4.69) is 23.6 Å². The lowest BCUT2D eigenvalue weighted by Crippen LogP contribution is -2.53. The van der Waals surface area contributed by atoms with Crippen LogP contribution in [-0.4, -0.2) is 41.0 Å². The topological polar surface area (TPSA) is 87.7 Å². The number of nitrogens with zero attached hydrogens (tertiary/aromatic N) is 1. The Morgan fingerprint density at radius 2 is 1.68 bits per heavy atom. The Balaban J connectivity index is 3.34. The van der Waals surface area contributed by atoms with Crippen LogP contribution in [0.1, 0.15) is 83.5 Å². The van der Waals surface area contributed by atoms with Crippen LogP contribution in [0.3, 0.4) is 0 Å². The van der Waals surface area contributed by atoms with Crippen LogP contribution in [0, 0.1) is 32.2 Å². The fourth-order valence-corrected chi connectivity index (χ4v) is 3.63. The number of amides is 3. The van der Waals surface area contributed by atoms with Gasteiger partial charge >= 0.3 is 6.09 Å². The molecule has 0 heterocycles. The molecule has 0 bridgehead atoms. The Labute approximate surface area is 205 Å². The second-order valence-corrected chi connectivity index (χ2v) is 10.0. The van der Waals surface area contributed by atoms with E-state index in [4.69, 9.17) is 11.2 Å². The van der Waals surface area contributed by atoms with Crippen molar-refractivity contribution in [1.29, 1.82) is 0 Å². The van der Waals surface area contributed by atoms with Crippen molar-refractivity contribution in [2.75, 3.05) is 6.54 Å². The molecule has 0 aliphatic carbocycles. The minimum absolute atomic E-state index is 0.289. The average molecular weight is 472 g/mol. The summed E-state index contributed by atoms with van der Waals surface area (Å²) >= 11 is 0. The Kier molecular flexibility index (Phi) is 11.1. The van der Waals surface area contributed by atoms with E-state index in [0.29, 0.717) is 12.1 Å². The number of terminal acetylenes is 1. The molecular formula is C27H41N3O4. The molecule has 188 valence electrons. The van der Waals surface area contributed by atoms with Gasteiger partial charge in [-0.3, -0.25) is 14.5 Å². The summed E-state index contributed by atoms with van der Waals surface area (Å²) in [4.78, 5) is 40.4. The number of hydrogen-bond donors (Lipinski definition) is 2. The summed E-state index contributed by atoms with van der Waals surface area (Å²) in [7, 11) is 0. The SMILES string of the molecule is C#CN(C(=O)C(NC(=O)OC(C)(C)C)C(C)C)C(C(=O)NCCCCC)c1cc(C)cc(C)c1.